The molecule has 2 aromatic heterocycles. The van der Waals surface area contributed by atoms with Crippen LogP contribution in [0.2, 0.25) is 0 Å². The number of anilines is 2. The Balaban J connectivity index is 1.33. The summed E-state index contributed by atoms with van der Waals surface area (Å²) in [6.45, 7) is 10.0. The third-order valence-corrected chi connectivity index (χ3v) is 5.53. The molecule has 148 valence electrons. The fraction of sp³-hybridized carbons (Fsp3) is 0.500. The van der Waals surface area contributed by atoms with Crippen LogP contribution in [-0.4, -0.2) is 89.6 Å². The number of nitrogens with zero attached hydrogens (tertiary/aromatic N) is 7. The Bertz CT molecular complexity index is 767. The molecule has 8 heteroatoms. The van der Waals surface area contributed by atoms with Crippen molar-refractivity contribution in [1.29, 1.82) is 0 Å². The number of carbonyl (C=O) groups excluding carboxylic acids is 1. The van der Waals surface area contributed by atoms with E-state index in [9.17, 15) is 4.79 Å². The summed E-state index contributed by atoms with van der Waals surface area (Å²) in [6.07, 6.45) is 5.16. The molecular weight excluding hydrogens is 354 g/mol. The third-order valence-electron chi connectivity index (χ3n) is 5.53. The number of pyridine rings is 1. The molecule has 0 spiro atoms. The Hall–Kier alpha value is -2.74. The molecule has 2 fully saturated rings. The highest BCUT2D eigenvalue weighted by atomic mass is 16.2. The maximum absolute atomic E-state index is 12.7. The van der Waals surface area contributed by atoms with Gasteiger partial charge >= 0.3 is 0 Å². The lowest BCUT2D eigenvalue weighted by atomic mass is 10.2. The van der Waals surface area contributed by atoms with Crippen LogP contribution in [0.25, 0.3) is 0 Å². The van der Waals surface area contributed by atoms with Gasteiger partial charge in [0.25, 0.3) is 5.91 Å². The third kappa shape index (κ3) is 4.06. The second kappa shape index (κ2) is 8.52. The Morgan fingerprint density at radius 3 is 2.18 bits per heavy atom. The molecular formula is C20H27N7O. The van der Waals surface area contributed by atoms with Gasteiger partial charge in [0, 0.05) is 70.9 Å². The minimum absolute atomic E-state index is 0.0299. The maximum Gasteiger partial charge on any atom is 0.257 e. The number of piperazine rings is 2. The van der Waals surface area contributed by atoms with Crippen molar-refractivity contribution in [2.45, 2.75) is 6.92 Å². The molecule has 0 bridgehead atoms. The Labute approximate surface area is 165 Å². The predicted octanol–water partition coefficient (Wildman–Crippen LogP) is 0.976. The Morgan fingerprint density at radius 2 is 1.57 bits per heavy atom. The molecule has 0 N–H and O–H groups in total. The van der Waals surface area contributed by atoms with E-state index in [1.165, 1.54) is 0 Å². The van der Waals surface area contributed by atoms with Gasteiger partial charge in [0.05, 0.1) is 5.56 Å². The molecule has 2 aromatic rings. The molecule has 2 aliphatic rings. The minimum Gasteiger partial charge on any atom is -0.353 e. The number of amides is 1. The standard InChI is InChI=1S/C20H27N7O/c1-2-24-7-9-26(10-8-24)19(28)17-15-22-20(23-16-17)27-13-11-25(12-14-27)18-5-3-4-6-21-18/h3-6,15-16H,2,7-14H2,1H3. The normalized spacial score (nSPS) is 18.4. The van der Waals surface area contributed by atoms with E-state index in [0.29, 0.717) is 11.5 Å². The van der Waals surface area contributed by atoms with Gasteiger partial charge in [0.15, 0.2) is 0 Å². The molecule has 0 aromatic carbocycles. The average Bonchev–Trinajstić information content (AvgIpc) is 2.79. The zero-order valence-electron chi connectivity index (χ0n) is 16.4. The molecule has 0 radical (unpaired) electrons. The summed E-state index contributed by atoms with van der Waals surface area (Å²) in [4.78, 5) is 34.7. The molecule has 2 aliphatic heterocycles. The van der Waals surface area contributed by atoms with Crippen molar-refractivity contribution in [1.82, 2.24) is 24.8 Å². The van der Waals surface area contributed by atoms with Crippen LogP contribution in [0.15, 0.2) is 36.8 Å². The van der Waals surface area contributed by atoms with Gasteiger partial charge in [-0.25, -0.2) is 15.0 Å². The van der Waals surface area contributed by atoms with E-state index in [0.717, 1.165) is 64.7 Å². The van der Waals surface area contributed by atoms with Crippen molar-refractivity contribution in [3.05, 3.63) is 42.4 Å². The van der Waals surface area contributed by atoms with Crippen LogP contribution < -0.4 is 9.80 Å². The molecule has 8 nitrogen and oxygen atoms in total. The van der Waals surface area contributed by atoms with Crippen LogP contribution >= 0.6 is 0 Å². The van der Waals surface area contributed by atoms with E-state index in [1.54, 1.807) is 12.4 Å². The van der Waals surface area contributed by atoms with E-state index in [-0.39, 0.29) is 5.91 Å². The van der Waals surface area contributed by atoms with Crippen molar-refractivity contribution in [3.63, 3.8) is 0 Å². The zero-order chi connectivity index (χ0) is 19.3. The van der Waals surface area contributed by atoms with E-state index < -0.39 is 0 Å². The summed E-state index contributed by atoms with van der Waals surface area (Å²) in [5.41, 5.74) is 0.570. The van der Waals surface area contributed by atoms with Crippen molar-refractivity contribution in [2.24, 2.45) is 0 Å². The average molecular weight is 381 g/mol. The molecule has 0 aliphatic carbocycles. The van der Waals surface area contributed by atoms with Crippen LogP contribution in [0.4, 0.5) is 11.8 Å². The number of likely N-dealkylation sites (N-methyl/N-ethyl adjacent to an activating group) is 1. The maximum atomic E-state index is 12.7. The number of rotatable bonds is 4. The molecule has 4 heterocycles. The highest BCUT2D eigenvalue weighted by Crippen LogP contribution is 2.16. The highest BCUT2D eigenvalue weighted by molar-refractivity contribution is 5.93. The van der Waals surface area contributed by atoms with Crippen molar-refractivity contribution in [3.8, 4) is 0 Å². The first-order valence-electron chi connectivity index (χ1n) is 9.99. The quantitative estimate of drug-likeness (QED) is 0.782. The van der Waals surface area contributed by atoms with E-state index in [1.807, 2.05) is 29.3 Å². The number of carbonyl (C=O) groups is 1. The zero-order valence-corrected chi connectivity index (χ0v) is 16.4. The summed E-state index contributed by atoms with van der Waals surface area (Å²) in [5.74, 6) is 1.72. The lowest BCUT2D eigenvalue weighted by Gasteiger charge is -2.35. The SMILES string of the molecule is CCN1CCN(C(=O)c2cnc(N3CCN(c4ccccn4)CC3)nc2)CC1. The van der Waals surface area contributed by atoms with Gasteiger partial charge in [-0.3, -0.25) is 4.79 Å². The number of hydrogen-bond acceptors (Lipinski definition) is 7. The van der Waals surface area contributed by atoms with Crippen LogP contribution in [0.1, 0.15) is 17.3 Å². The van der Waals surface area contributed by atoms with Crippen LogP contribution in [0.3, 0.4) is 0 Å². The fourth-order valence-corrected chi connectivity index (χ4v) is 3.72. The van der Waals surface area contributed by atoms with E-state index in [4.69, 9.17) is 0 Å². The second-order valence-corrected chi connectivity index (χ2v) is 7.16. The van der Waals surface area contributed by atoms with Crippen LogP contribution in [-0.2, 0) is 0 Å². The summed E-state index contributed by atoms with van der Waals surface area (Å²) < 4.78 is 0. The molecule has 2 saturated heterocycles. The summed E-state index contributed by atoms with van der Waals surface area (Å²) >= 11 is 0. The Kier molecular flexibility index (Phi) is 5.66. The summed E-state index contributed by atoms with van der Waals surface area (Å²) in [6, 6.07) is 5.97. The van der Waals surface area contributed by atoms with E-state index >= 15 is 0 Å². The molecule has 0 saturated carbocycles. The van der Waals surface area contributed by atoms with Gasteiger partial charge in [-0.1, -0.05) is 13.0 Å². The first-order chi connectivity index (χ1) is 13.7. The summed E-state index contributed by atoms with van der Waals surface area (Å²) in [7, 11) is 0. The van der Waals surface area contributed by atoms with Gasteiger partial charge in [-0.05, 0) is 18.7 Å². The van der Waals surface area contributed by atoms with Gasteiger partial charge in [0.1, 0.15) is 5.82 Å². The number of hydrogen-bond donors (Lipinski definition) is 0. The second-order valence-electron chi connectivity index (χ2n) is 7.16. The van der Waals surface area contributed by atoms with Crippen molar-refractivity contribution >= 4 is 17.7 Å². The Morgan fingerprint density at radius 1 is 0.893 bits per heavy atom. The predicted molar refractivity (Wildman–Crippen MR) is 109 cm³/mol. The first-order valence-corrected chi connectivity index (χ1v) is 9.99. The topological polar surface area (TPSA) is 68.7 Å². The monoisotopic (exact) mass is 381 g/mol. The first kappa shape index (κ1) is 18.6. The van der Waals surface area contributed by atoms with Crippen molar-refractivity contribution in [2.75, 3.05) is 68.7 Å². The highest BCUT2D eigenvalue weighted by Gasteiger charge is 2.23. The molecule has 28 heavy (non-hydrogen) atoms. The molecule has 0 unspecified atom stereocenters. The fourth-order valence-electron chi connectivity index (χ4n) is 3.72. The van der Waals surface area contributed by atoms with Crippen LogP contribution in [0, 0.1) is 0 Å². The largest absolute Gasteiger partial charge is 0.353 e. The van der Waals surface area contributed by atoms with Gasteiger partial charge in [-0.2, -0.15) is 0 Å². The molecule has 1 amide bonds. The minimum atomic E-state index is 0.0299. The van der Waals surface area contributed by atoms with Gasteiger partial charge in [-0.15, -0.1) is 0 Å². The molecule has 4 rings (SSSR count). The summed E-state index contributed by atoms with van der Waals surface area (Å²) in [5, 5.41) is 0. The van der Waals surface area contributed by atoms with E-state index in [2.05, 4.69) is 36.6 Å². The smallest absolute Gasteiger partial charge is 0.257 e. The lowest BCUT2D eigenvalue weighted by molar-refractivity contribution is 0.0642. The van der Waals surface area contributed by atoms with Gasteiger partial charge in [0.2, 0.25) is 5.95 Å². The molecule has 0 atom stereocenters. The van der Waals surface area contributed by atoms with Crippen LogP contribution in [0.5, 0.6) is 0 Å². The lowest BCUT2D eigenvalue weighted by Crippen LogP contribution is -2.48. The van der Waals surface area contributed by atoms with Gasteiger partial charge < -0.3 is 19.6 Å². The van der Waals surface area contributed by atoms with Crippen molar-refractivity contribution < 1.29 is 4.79 Å². The number of aromatic nitrogens is 3.